The van der Waals surface area contributed by atoms with Crippen LogP contribution in [-0.2, 0) is 54.2 Å². The third-order valence-electron chi connectivity index (χ3n) is 5.23. The Morgan fingerprint density at radius 1 is 0.743 bits per heavy atom. The van der Waals surface area contributed by atoms with Crippen molar-refractivity contribution in [1.82, 2.24) is 0 Å². The highest BCUT2D eigenvalue weighted by molar-refractivity contribution is 5.85. The zero-order valence-corrected chi connectivity index (χ0v) is 19.9. The second-order valence-electron chi connectivity index (χ2n) is 8.02. The predicted molar refractivity (Wildman–Crippen MR) is 121 cm³/mol. The van der Waals surface area contributed by atoms with Gasteiger partial charge in [0.25, 0.3) is 0 Å². The van der Waals surface area contributed by atoms with E-state index in [1.54, 1.807) is 0 Å². The highest BCUT2D eigenvalue weighted by Gasteiger charge is 2.52. The van der Waals surface area contributed by atoms with Gasteiger partial charge in [-0.2, -0.15) is 0 Å². The second-order valence-corrected chi connectivity index (χ2v) is 8.02. The summed E-state index contributed by atoms with van der Waals surface area (Å²) in [7, 11) is 0. The Morgan fingerprint density at radius 2 is 1.34 bits per heavy atom. The van der Waals surface area contributed by atoms with Crippen LogP contribution in [0.4, 0.5) is 0 Å². The maximum atomic E-state index is 11.9. The van der Waals surface area contributed by atoms with Crippen LogP contribution in [0.1, 0.15) is 33.3 Å². The van der Waals surface area contributed by atoms with Gasteiger partial charge in [0.05, 0.1) is 6.61 Å². The summed E-state index contributed by atoms with van der Waals surface area (Å²) in [6.07, 6.45) is -6.04. The van der Waals surface area contributed by atoms with Crippen LogP contribution >= 0.6 is 0 Å². The van der Waals surface area contributed by atoms with Crippen molar-refractivity contribution >= 4 is 34.6 Å². The summed E-state index contributed by atoms with van der Waals surface area (Å²) in [6, 6.07) is 13.5. The topological polar surface area (TPSA) is 124 Å². The SMILES string of the molecule is CC(=O)OC[C@H]1O[C@@H](OCc2cccc3ccccc23)[C@H](OC(C)=O)[C@@H](OC(C)=O)[C@H]1OC(C)=O. The normalized spacial score (nSPS) is 23.8. The van der Waals surface area contributed by atoms with Crippen molar-refractivity contribution in [2.45, 2.75) is 65.0 Å². The molecule has 0 aliphatic carbocycles. The lowest BCUT2D eigenvalue weighted by atomic mass is 9.98. The van der Waals surface area contributed by atoms with Crippen molar-refractivity contribution < 1.29 is 47.6 Å². The average molecular weight is 488 g/mol. The molecule has 2 aromatic carbocycles. The van der Waals surface area contributed by atoms with E-state index in [2.05, 4.69) is 0 Å². The molecule has 10 heteroatoms. The van der Waals surface area contributed by atoms with E-state index in [1.165, 1.54) is 13.8 Å². The number of hydrogen-bond donors (Lipinski definition) is 0. The van der Waals surface area contributed by atoms with Gasteiger partial charge in [-0.05, 0) is 16.3 Å². The number of benzene rings is 2. The Bertz CT molecular complexity index is 1080. The van der Waals surface area contributed by atoms with Crippen LogP contribution in [-0.4, -0.2) is 61.2 Å². The zero-order valence-electron chi connectivity index (χ0n) is 19.9. The Balaban J connectivity index is 1.94. The first-order valence-electron chi connectivity index (χ1n) is 11.0. The molecule has 5 atom stereocenters. The summed E-state index contributed by atoms with van der Waals surface area (Å²) in [5, 5.41) is 1.97. The molecule has 1 fully saturated rings. The number of carbonyl (C=O) groups is 4. The number of esters is 4. The van der Waals surface area contributed by atoms with E-state index in [9.17, 15) is 19.2 Å². The quantitative estimate of drug-likeness (QED) is 0.404. The van der Waals surface area contributed by atoms with E-state index in [4.69, 9.17) is 28.4 Å². The van der Waals surface area contributed by atoms with Crippen LogP contribution in [0, 0.1) is 0 Å². The molecule has 1 saturated heterocycles. The maximum absolute atomic E-state index is 11.9. The van der Waals surface area contributed by atoms with Gasteiger partial charge in [0.2, 0.25) is 0 Å². The Kier molecular flexibility index (Phi) is 8.78. The van der Waals surface area contributed by atoms with Gasteiger partial charge in [0.1, 0.15) is 12.7 Å². The maximum Gasteiger partial charge on any atom is 0.303 e. The molecule has 0 aromatic heterocycles. The van der Waals surface area contributed by atoms with Gasteiger partial charge in [-0.25, -0.2) is 0 Å². The van der Waals surface area contributed by atoms with Gasteiger partial charge in [0.15, 0.2) is 24.6 Å². The molecule has 0 amide bonds. The first-order valence-corrected chi connectivity index (χ1v) is 11.0. The van der Waals surface area contributed by atoms with Crippen LogP contribution in [0.25, 0.3) is 10.8 Å². The van der Waals surface area contributed by atoms with E-state index in [0.29, 0.717) is 0 Å². The van der Waals surface area contributed by atoms with E-state index >= 15 is 0 Å². The monoisotopic (exact) mass is 488 g/mol. The lowest BCUT2D eigenvalue weighted by Crippen LogP contribution is -2.62. The smallest absolute Gasteiger partial charge is 0.303 e. The van der Waals surface area contributed by atoms with E-state index in [-0.39, 0.29) is 13.2 Å². The lowest BCUT2D eigenvalue weighted by molar-refractivity contribution is -0.310. The molecule has 1 heterocycles. The van der Waals surface area contributed by atoms with Crippen LogP contribution < -0.4 is 0 Å². The third-order valence-corrected chi connectivity index (χ3v) is 5.23. The highest BCUT2D eigenvalue weighted by atomic mass is 16.7. The van der Waals surface area contributed by atoms with Crippen LogP contribution in [0.15, 0.2) is 42.5 Å². The van der Waals surface area contributed by atoms with E-state index in [1.807, 2.05) is 42.5 Å². The highest BCUT2D eigenvalue weighted by Crippen LogP contribution is 2.31. The molecular formula is C25H28O10. The average Bonchev–Trinajstić information content (AvgIpc) is 2.78. The van der Waals surface area contributed by atoms with E-state index in [0.717, 1.165) is 30.2 Å². The van der Waals surface area contributed by atoms with Crippen molar-refractivity contribution in [2.24, 2.45) is 0 Å². The van der Waals surface area contributed by atoms with Crippen molar-refractivity contribution in [3.8, 4) is 0 Å². The number of fused-ring (bicyclic) bond motifs is 1. The zero-order chi connectivity index (χ0) is 25.5. The second kappa shape index (κ2) is 11.8. The van der Waals surface area contributed by atoms with Crippen molar-refractivity contribution in [1.29, 1.82) is 0 Å². The third kappa shape index (κ3) is 7.00. The molecule has 0 unspecified atom stereocenters. The van der Waals surface area contributed by atoms with Crippen LogP contribution in [0.3, 0.4) is 0 Å². The summed E-state index contributed by atoms with van der Waals surface area (Å²) in [5.74, 6) is -2.67. The molecule has 0 spiro atoms. The minimum absolute atomic E-state index is 0.0646. The number of carbonyl (C=O) groups excluding carboxylic acids is 4. The van der Waals surface area contributed by atoms with Crippen LogP contribution in [0.5, 0.6) is 0 Å². The lowest BCUT2D eigenvalue weighted by Gasteiger charge is -2.44. The first-order chi connectivity index (χ1) is 16.7. The number of rotatable bonds is 8. The van der Waals surface area contributed by atoms with Crippen molar-refractivity contribution in [2.75, 3.05) is 6.61 Å². The van der Waals surface area contributed by atoms with E-state index < -0.39 is 54.6 Å². The minimum atomic E-state index is -1.27. The molecule has 0 saturated carbocycles. The number of hydrogen-bond acceptors (Lipinski definition) is 10. The molecule has 0 bridgehead atoms. The summed E-state index contributed by atoms with van der Waals surface area (Å²) in [5.41, 5.74) is 0.843. The first kappa shape index (κ1) is 26.1. The molecule has 2 aromatic rings. The van der Waals surface area contributed by atoms with Gasteiger partial charge >= 0.3 is 23.9 Å². The summed E-state index contributed by atoms with van der Waals surface area (Å²) >= 11 is 0. The molecule has 10 nitrogen and oxygen atoms in total. The summed E-state index contributed by atoms with van der Waals surface area (Å²) in [4.78, 5) is 47.1. The van der Waals surface area contributed by atoms with Gasteiger partial charge in [0, 0.05) is 27.7 Å². The Labute approximate surface area is 202 Å². The molecule has 0 N–H and O–H groups in total. The minimum Gasteiger partial charge on any atom is -0.463 e. The van der Waals surface area contributed by atoms with Gasteiger partial charge in [-0.3, -0.25) is 19.2 Å². The van der Waals surface area contributed by atoms with Gasteiger partial charge in [-0.1, -0.05) is 42.5 Å². The molecule has 3 rings (SSSR count). The molecule has 35 heavy (non-hydrogen) atoms. The van der Waals surface area contributed by atoms with Crippen LogP contribution in [0.2, 0.25) is 0 Å². The summed E-state index contributed by atoms with van der Waals surface area (Å²) < 4.78 is 33.2. The Hall–Kier alpha value is -3.50. The number of ether oxygens (including phenoxy) is 6. The van der Waals surface area contributed by atoms with Gasteiger partial charge < -0.3 is 28.4 Å². The van der Waals surface area contributed by atoms with Crippen molar-refractivity contribution in [3.05, 3.63) is 48.0 Å². The predicted octanol–water partition coefficient (Wildman–Crippen LogP) is 2.44. The summed E-state index contributed by atoms with van der Waals surface area (Å²) in [6.45, 7) is 4.47. The van der Waals surface area contributed by atoms with Crippen molar-refractivity contribution in [3.63, 3.8) is 0 Å². The molecule has 1 aliphatic heterocycles. The fourth-order valence-electron chi connectivity index (χ4n) is 3.91. The van der Waals surface area contributed by atoms with Gasteiger partial charge in [-0.15, -0.1) is 0 Å². The fourth-order valence-corrected chi connectivity index (χ4v) is 3.91. The molecule has 1 aliphatic rings. The standard InChI is InChI=1S/C25H28O10/c1-14(26)30-13-21-22(32-15(2)27)23(33-16(3)28)24(34-17(4)29)25(35-21)31-12-19-10-7-9-18-8-5-6-11-20(18)19/h5-11,21-25H,12-13H2,1-4H3/t21-,22+,23+,24-,25-/m1/s1. The largest absolute Gasteiger partial charge is 0.463 e. The Morgan fingerprint density at radius 3 is 2.00 bits per heavy atom. The molecular weight excluding hydrogens is 460 g/mol. The fraction of sp³-hybridized carbons (Fsp3) is 0.440. The molecule has 188 valence electrons. The molecule has 0 radical (unpaired) electrons.